The monoisotopic (exact) mass is 183 g/mol. The molecule has 0 radical (unpaired) electrons. The molecule has 1 heterocycles. The zero-order valence-corrected chi connectivity index (χ0v) is 7.57. The molecular formula is C11H9N3. The highest BCUT2D eigenvalue weighted by molar-refractivity contribution is 5.90. The van der Waals surface area contributed by atoms with Gasteiger partial charge in [0, 0.05) is 5.39 Å². The summed E-state index contributed by atoms with van der Waals surface area (Å²) < 4.78 is 0. The van der Waals surface area contributed by atoms with E-state index in [4.69, 9.17) is 6.42 Å². The second-order valence-corrected chi connectivity index (χ2v) is 2.83. The third-order valence-corrected chi connectivity index (χ3v) is 1.93. The standard InChI is InChI=1S/C11H9N3/c1-2-7-12-11-8-13-14-10-6-4-3-5-9(10)11/h1,3-6,8H,7H2,(H,12,14). The SMILES string of the molecule is C#CCNc1cnnc2ccccc12. The molecule has 0 aliphatic heterocycles. The van der Waals surface area contributed by atoms with Crippen molar-refractivity contribution < 1.29 is 0 Å². The number of anilines is 1. The fraction of sp³-hybridized carbons (Fsp3) is 0.0909. The minimum absolute atomic E-state index is 0.496. The van der Waals surface area contributed by atoms with Crippen LogP contribution in [0, 0.1) is 12.3 Å². The third-order valence-electron chi connectivity index (χ3n) is 1.93. The molecule has 0 bridgehead atoms. The van der Waals surface area contributed by atoms with E-state index in [2.05, 4.69) is 21.4 Å². The number of terminal acetylenes is 1. The Bertz CT molecular complexity index is 480. The molecule has 2 aromatic rings. The van der Waals surface area contributed by atoms with Crippen LogP contribution in [0.25, 0.3) is 10.9 Å². The normalized spacial score (nSPS) is 9.64. The second-order valence-electron chi connectivity index (χ2n) is 2.83. The molecule has 3 nitrogen and oxygen atoms in total. The van der Waals surface area contributed by atoms with Crippen LogP contribution in [-0.2, 0) is 0 Å². The Hall–Kier alpha value is -2.08. The van der Waals surface area contributed by atoms with Crippen molar-refractivity contribution in [1.82, 2.24) is 10.2 Å². The highest BCUT2D eigenvalue weighted by Gasteiger charge is 1.99. The van der Waals surface area contributed by atoms with Crippen LogP contribution in [0.5, 0.6) is 0 Å². The molecule has 0 saturated heterocycles. The third kappa shape index (κ3) is 1.50. The van der Waals surface area contributed by atoms with Crippen LogP contribution in [0.3, 0.4) is 0 Å². The Morgan fingerprint density at radius 1 is 1.36 bits per heavy atom. The smallest absolute Gasteiger partial charge is 0.0950 e. The first kappa shape index (κ1) is 8.52. The summed E-state index contributed by atoms with van der Waals surface area (Å²) in [7, 11) is 0. The highest BCUT2D eigenvalue weighted by atomic mass is 15.1. The van der Waals surface area contributed by atoms with Gasteiger partial charge in [0.25, 0.3) is 0 Å². The molecule has 2 rings (SSSR count). The van der Waals surface area contributed by atoms with Gasteiger partial charge in [-0.25, -0.2) is 0 Å². The lowest BCUT2D eigenvalue weighted by Gasteiger charge is -2.04. The van der Waals surface area contributed by atoms with Gasteiger partial charge < -0.3 is 5.32 Å². The number of fused-ring (bicyclic) bond motifs is 1. The summed E-state index contributed by atoms with van der Waals surface area (Å²) in [4.78, 5) is 0. The van der Waals surface area contributed by atoms with Gasteiger partial charge >= 0.3 is 0 Å². The fourth-order valence-electron chi connectivity index (χ4n) is 1.29. The lowest BCUT2D eigenvalue weighted by atomic mass is 10.2. The molecule has 1 N–H and O–H groups in total. The van der Waals surface area contributed by atoms with E-state index in [-0.39, 0.29) is 0 Å². The van der Waals surface area contributed by atoms with Crippen molar-refractivity contribution in [3.05, 3.63) is 30.5 Å². The Morgan fingerprint density at radius 3 is 3.07 bits per heavy atom. The fourth-order valence-corrected chi connectivity index (χ4v) is 1.29. The molecular weight excluding hydrogens is 174 g/mol. The number of nitrogens with one attached hydrogen (secondary N) is 1. The van der Waals surface area contributed by atoms with Crippen molar-refractivity contribution in [3.63, 3.8) is 0 Å². The number of benzene rings is 1. The summed E-state index contributed by atoms with van der Waals surface area (Å²) in [5.41, 5.74) is 1.79. The van der Waals surface area contributed by atoms with E-state index in [1.807, 2.05) is 24.3 Å². The number of hydrogen-bond acceptors (Lipinski definition) is 3. The van der Waals surface area contributed by atoms with Crippen molar-refractivity contribution in [2.24, 2.45) is 0 Å². The van der Waals surface area contributed by atoms with Crippen molar-refractivity contribution in [2.45, 2.75) is 0 Å². The van der Waals surface area contributed by atoms with Crippen LogP contribution in [0.15, 0.2) is 30.5 Å². The predicted octanol–water partition coefficient (Wildman–Crippen LogP) is 1.67. The largest absolute Gasteiger partial charge is 0.372 e. The first-order valence-corrected chi connectivity index (χ1v) is 4.29. The average Bonchev–Trinajstić information content (AvgIpc) is 2.26. The van der Waals surface area contributed by atoms with Crippen LogP contribution in [0.2, 0.25) is 0 Å². The Kier molecular flexibility index (Phi) is 2.28. The lowest BCUT2D eigenvalue weighted by molar-refractivity contribution is 1.07. The van der Waals surface area contributed by atoms with Gasteiger partial charge in [-0.2, -0.15) is 10.2 Å². The highest BCUT2D eigenvalue weighted by Crippen LogP contribution is 2.18. The van der Waals surface area contributed by atoms with E-state index in [1.54, 1.807) is 6.20 Å². The van der Waals surface area contributed by atoms with Gasteiger partial charge in [-0.1, -0.05) is 24.1 Å². The molecule has 0 unspecified atom stereocenters. The molecule has 14 heavy (non-hydrogen) atoms. The lowest BCUT2D eigenvalue weighted by Crippen LogP contribution is -2.00. The maximum atomic E-state index is 5.17. The molecule has 0 amide bonds. The first-order chi connectivity index (χ1) is 6.92. The van der Waals surface area contributed by atoms with E-state index in [0.717, 1.165) is 16.6 Å². The summed E-state index contributed by atoms with van der Waals surface area (Å²) in [6.07, 6.45) is 6.85. The van der Waals surface area contributed by atoms with Crippen molar-refractivity contribution in [3.8, 4) is 12.3 Å². The van der Waals surface area contributed by atoms with E-state index in [9.17, 15) is 0 Å². The summed E-state index contributed by atoms with van der Waals surface area (Å²) >= 11 is 0. The molecule has 68 valence electrons. The van der Waals surface area contributed by atoms with E-state index in [1.165, 1.54) is 0 Å². The van der Waals surface area contributed by atoms with Gasteiger partial charge in [0.2, 0.25) is 0 Å². The van der Waals surface area contributed by atoms with Crippen LogP contribution >= 0.6 is 0 Å². The minimum atomic E-state index is 0.496. The van der Waals surface area contributed by atoms with E-state index < -0.39 is 0 Å². The topological polar surface area (TPSA) is 37.8 Å². The molecule has 0 spiro atoms. The number of aromatic nitrogens is 2. The van der Waals surface area contributed by atoms with E-state index in [0.29, 0.717) is 6.54 Å². The van der Waals surface area contributed by atoms with Gasteiger partial charge in [-0.05, 0) is 6.07 Å². The van der Waals surface area contributed by atoms with E-state index >= 15 is 0 Å². The molecule has 0 aliphatic carbocycles. The minimum Gasteiger partial charge on any atom is -0.372 e. The summed E-state index contributed by atoms with van der Waals surface area (Å²) in [5, 5.41) is 12.0. The molecule has 0 atom stereocenters. The zero-order valence-electron chi connectivity index (χ0n) is 7.57. The number of nitrogens with zero attached hydrogens (tertiary/aromatic N) is 2. The maximum absolute atomic E-state index is 5.17. The molecule has 0 saturated carbocycles. The Morgan fingerprint density at radius 2 is 2.21 bits per heavy atom. The first-order valence-electron chi connectivity index (χ1n) is 4.29. The van der Waals surface area contributed by atoms with Crippen molar-refractivity contribution in [2.75, 3.05) is 11.9 Å². The van der Waals surface area contributed by atoms with Crippen molar-refractivity contribution >= 4 is 16.6 Å². The molecule has 3 heteroatoms. The molecule has 0 fully saturated rings. The summed E-state index contributed by atoms with van der Waals surface area (Å²) in [6.45, 7) is 0.496. The zero-order chi connectivity index (χ0) is 9.80. The van der Waals surface area contributed by atoms with Crippen LogP contribution in [-0.4, -0.2) is 16.7 Å². The van der Waals surface area contributed by atoms with Gasteiger partial charge in [-0.3, -0.25) is 0 Å². The number of hydrogen-bond donors (Lipinski definition) is 1. The maximum Gasteiger partial charge on any atom is 0.0950 e. The molecule has 1 aromatic carbocycles. The van der Waals surface area contributed by atoms with Gasteiger partial charge in [0.15, 0.2) is 0 Å². The van der Waals surface area contributed by atoms with Crippen LogP contribution < -0.4 is 5.32 Å². The van der Waals surface area contributed by atoms with Crippen molar-refractivity contribution in [1.29, 1.82) is 0 Å². The molecule has 1 aromatic heterocycles. The second kappa shape index (κ2) is 3.75. The summed E-state index contributed by atoms with van der Waals surface area (Å²) in [6, 6.07) is 7.80. The Balaban J connectivity index is 2.49. The van der Waals surface area contributed by atoms with Gasteiger partial charge in [0.1, 0.15) is 0 Å². The van der Waals surface area contributed by atoms with Gasteiger partial charge in [-0.15, -0.1) is 6.42 Å². The Labute approximate surface area is 82.2 Å². The number of rotatable bonds is 2. The predicted molar refractivity (Wildman–Crippen MR) is 56.9 cm³/mol. The van der Waals surface area contributed by atoms with Gasteiger partial charge in [0.05, 0.1) is 23.9 Å². The quantitative estimate of drug-likeness (QED) is 0.720. The molecule has 0 aliphatic rings. The summed E-state index contributed by atoms with van der Waals surface area (Å²) in [5.74, 6) is 2.52. The average molecular weight is 183 g/mol. The van der Waals surface area contributed by atoms with Crippen LogP contribution in [0.4, 0.5) is 5.69 Å². The van der Waals surface area contributed by atoms with Crippen LogP contribution in [0.1, 0.15) is 0 Å².